The number of amides is 1. The fourth-order valence-corrected chi connectivity index (χ4v) is 6.03. The van der Waals surface area contributed by atoms with Crippen LogP contribution in [0, 0.1) is 12.8 Å². The van der Waals surface area contributed by atoms with E-state index >= 15 is 0 Å². The van der Waals surface area contributed by atoms with Crippen LogP contribution in [0.25, 0.3) is 5.69 Å². The number of ether oxygens (including phenoxy) is 1. The number of benzene rings is 1. The molecule has 1 amide bonds. The molecular formula is C23H21F5N4O3S. The molecule has 0 N–H and O–H groups in total. The van der Waals surface area contributed by atoms with Gasteiger partial charge in [0.05, 0.1) is 18.6 Å². The molecule has 192 valence electrons. The largest absolute Gasteiger partial charge is 0.493 e. The molecule has 6 rings (SSSR count). The van der Waals surface area contributed by atoms with Gasteiger partial charge in [-0.15, -0.1) is 0 Å². The van der Waals surface area contributed by atoms with Gasteiger partial charge < -0.3 is 18.8 Å². The highest BCUT2D eigenvalue weighted by Gasteiger charge is 2.67. The lowest BCUT2D eigenvalue weighted by Crippen LogP contribution is -2.48. The van der Waals surface area contributed by atoms with E-state index in [1.54, 1.807) is 17.7 Å². The molecule has 2 aliphatic heterocycles. The van der Waals surface area contributed by atoms with Gasteiger partial charge in [-0.2, -0.15) is 0 Å². The first kappa shape index (κ1) is 23.1. The predicted octanol–water partition coefficient (Wildman–Crippen LogP) is 4.81. The molecule has 0 saturated heterocycles. The molecule has 4 heterocycles. The van der Waals surface area contributed by atoms with Gasteiger partial charge in [0.25, 0.3) is 11.5 Å². The zero-order valence-electron chi connectivity index (χ0n) is 19.0. The van der Waals surface area contributed by atoms with E-state index in [-0.39, 0.29) is 54.7 Å². The summed E-state index contributed by atoms with van der Waals surface area (Å²) < 4.78 is 76.1. The Morgan fingerprint density at radius 3 is 2.58 bits per heavy atom. The summed E-state index contributed by atoms with van der Waals surface area (Å²) in [5.41, 5.74) is 0.00167. The van der Waals surface area contributed by atoms with Crippen molar-refractivity contribution in [3.63, 3.8) is 0 Å². The van der Waals surface area contributed by atoms with Gasteiger partial charge in [-0.05, 0) is 43.7 Å². The number of aryl methyl sites for hydroxylation is 1. The van der Waals surface area contributed by atoms with Crippen molar-refractivity contribution in [2.75, 3.05) is 19.7 Å². The smallest absolute Gasteiger partial charge is 0.310 e. The number of fused-ring (bicyclic) bond motifs is 4. The van der Waals surface area contributed by atoms with Crippen LogP contribution in [0.5, 0.6) is 5.75 Å². The molecule has 0 spiro atoms. The Kier molecular flexibility index (Phi) is 4.16. The van der Waals surface area contributed by atoms with Crippen LogP contribution in [0.4, 0.5) is 19.4 Å². The summed E-state index contributed by atoms with van der Waals surface area (Å²) in [5.74, 6) is -0.512. The number of hydrogen-bond donors (Lipinski definition) is 0. The highest BCUT2D eigenvalue weighted by Crippen LogP contribution is 3.02. The summed E-state index contributed by atoms with van der Waals surface area (Å²) in [4.78, 5) is 30.0. The molecule has 2 atom stereocenters. The van der Waals surface area contributed by atoms with Crippen molar-refractivity contribution in [3.8, 4) is 11.4 Å². The summed E-state index contributed by atoms with van der Waals surface area (Å²) in [7, 11) is -9.89. The normalized spacial score (nSPS) is 24.7. The van der Waals surface area contributed by atoms with Gasteiger partial charge in [-0.1, -0.05) is 19.4 Å². The summed E-state index contributed by atoms with van der Waals surface area (Å²) >= 11 is 0. The first-order chi connectivity index (χ1) is 16.7. The Bertz CT molecular complexity index is 1520. The number of rotatable bonds is 4. The van der Waals surface area contributed by atoms with Gasteiger partial charge in [0.15, 0.2) is 0 Å². The lowest BCUT2D eigenvalue weighted by Gasteiger charge is -2.41. The van der Waals surface area contributed by atoms with Crippen LogP contribution in [-0.4, -0.2) is 44.6 Å². The molecule has 3 aliphatic rings. The lowest BCUT2D eigenvalue weighted by molar-refractivity contribution is 0.0669. The average Bonchev–Trinajstić information content (AvgIpc) is 3.36. The van der Waals surface area contributed by atoms with Crippen LogP contribution in [0.1, 0.15) is 28.2 Å². The molecular weight excluding hydrogens is 507 g/mol. The monoisotopic (exact) mass is 528 g/mol. The molecule has 1 aliphatic carbocycles. The number of halogens is 5. The van der Waals surface area contributed by atoms with E-state index < -0.39 is 26.4 Å². The van der Waals surface area contributed by atoms with E-state index in [1.807, 2.05) is 0 Å². The minimum atomic E-state index is -9.89. The molecule has 7 nitrogen and oxygen atoms in total. The van der Waals surface area contributed by atoms with Gasteiger partial charge in [-0.25, -0.2) is 4.98 Å². The van der Waals surface area contributed by atoms with E-state index in [4.69, 9.17) is 4.74 Å². The minimum absolute atomic E-state index is 0.0473. The quantitative estimate of drug-likeness (QED) is 0.456. The number of pyridine rings is 1. The summed E-state index contributed by atoms with van der Waals surface area (Å²) in [6.07, 6.45) is 3.61. The van der Waals surface area contributed by atoms with Crippen LogP contribution in [-0.2, 0) is 12.0 Å². The van der Waals surface area contributed by atoms with Gasteiger partial charge >= 0.3 is 10.2 Å². The molecule has 0 bridgehead atoms. The molecule has 0 radical (unpaired) electrons. The Labute approximate surface area is 201 Å². The van der Waals surface area contributed by atoms with Crippen molar-refractivity contribution in [3.05, 3.63) is 70.2 Å². The number of carbonyl (C=O) groups is 1. The zero-order valence-corrected chi connectivity index (χ0v) is 19.8. The Morgan fingerprint density at radius 2 is 1.89 bits per heavy atom. The first-order valence-corrected chi connectivity index (χ1v) is 13.2. The number of carbonyl (C=O) groups excluding carboxylic acids is 1. The Hall–Kier alpha value is -3.35. The van der Waals surface area contributed by atoms with Crippen LogP contribution in [0.3, 0.4) is 0 Å². The van der Waals surface area contributed by atoms with Crippen molar-refractivity contribution in [1.82, 2.24) is 19.0 Å². The minimum Gasteiger partial charge on any atom is -0.493 e. The molecule has 2 aromatic heterocycles. The second-order valence-corrected chi connectivity index (χ2v) is 12.1. The van der Waals surface area contributed by atoms with Crippen LogP contribution in [0.15, 0.2) is 52.5 Å². The maximum atomic E-state index is 13.5. The molecule has 1 fully saturated rings. The van der Waals surface area contributed by atoms with Gasteiger partial charge in [0, 0.05) is 42.7 Å². The zero-order chi connectivity index (χ0) is 25.7. The molecule has 13 heteroatoms. The maximum Gasteiger partial charge on any atom is 0.310 e. The first-order valence-electron chi connectivity index (χ1n) is 11.2. The van der Waals surface area contributed by atoms with Crippen molar-refractivity contribution in [2.45, 2.75) is 30.2 Å². The van der Waals surface area contributed by atoms with Crippen LogP contribution >= 0.6 is 10.2 Å². The SMILES string of the molecule is Cc1cn(-c2ccc3n(c2=O)CCN(C[C@@]24C[C@@H]2COc2ccc(S(F)(F)(F)(F)F)cc24)C3=O)cn1. The number of imidazole rings is 1. The topological polar surface area (TPSA) is 69.4 Å². The molecule has 36 heavy (non-hydrogen) atoms. The van der Waals surface area contributed by atoms with Crippen LogP contribution in [0.2, 0.25) is 0 Å². The van der Waals surface area contributed by atoms with Crippen molar-refractivity contribution >= 4 is 16.1 Å². The van der Waals surface area contributed by atoms with Crippen molar-refractivity contribution in [1.29, 1.82) is 0 Å². The Balaban J connectivity index is 1.33. The van der Waals surface area contributed by atoms with E-state index in [1.165, 1.54) is 27.9 Å². The van der Waals surface area contributed by atoms with E-state index in [0.29, 0.717) is 24.2 Å². The standard InChI is InChI=1S/C23H21F5N4O3S/c1-14-10-31(13-29-14)18-3-4-19-21(33)30(6-7-32(19)22(18)34)12-23-9-15(23)11-35-20-5-2-16(8-17(20)23)36(24,25,26,27)28/h2-5,8,10,13,15H,6-7,9,11-12H2,1H3/t15-,23+/m1/s1. The van der Waals surface area contributed by atoms with Crippen LogP contribution < -0.4 is 10.3 Å². The number of hydrogen-bond acceptors (Lipinski definition) is 4. The van der Waals surface area contributed by atoms with Gasteiger partial charge in [0.1, 0.15) is 22.0 Å². The summed E-state index contributed by atoms with van der Waals surface area (Å²) in [6.45, 7) is 2.41. The maximum absolute atomic E-state index is 13.5. The van der Waals surface area contributed by atoms with E-state index in [0.717, 1.165) is 11.8 Å². The highest BCUT2D eigenvalue weighted by molar-refractivity contribution is 8.45. The summed E-state index contributed by atoms with van der Waals surface area (Å²) in [6, 6.07) is 4.84. The third-order valence-electron chi connectivity index (χ3n) is 7.32. The third-order valence-corrected chi connectivity index (χ3v) is 8.47. The average molecular weight is 529 g/mol. The molecule has 0 unspecified atom stereocenters. The lowest BCUT2D eigenvalue weighted by atomic mass is 9.89. The van der Waals surface area contributed by atoms with Gasteiger partial charge in [0.2, 0.25) is 0 Å². The fourth-order valence-electron chi connectivity index (χ4n) is 5.36. The van der Waals surface area contributed by atoms with Gasteiger partial charge in [-0.3, -0.25) is 9.59 Å². The van der Waals surface area contributed by atoms with E-state index in [9.17, 15) is 29.0 Å². The predicted molar refractivity (Wildman–Crippen MR) is 122 cm³/mol. The number of aromatic nitrogens is 3. The highest BCUT2D eigenvalue weighted by atomic mass is 32.5. The van der Waals surface area contributed by atoms with Crippen molar-refractivity contribution in [2.24, 2.45) is 5.92 Å². The molecule has 1 saturated carbocycles. The third kappa shape index (κ3) is 3.51. The van der Waals surface area contributed by atoms with Crippen molar-refractivity contribution < 1.29 is 29.0 Å². The Morgan fingerprint density at radius 1 is 1.11 bits per heavy atom. The second kappa shape index (κ2) is 6.50. The van der Waals surface area contributed by atoms with E-state index in [2.05, 4.69) is 4.98 Å². The fraction of sp³-hybridized carbons (Fsp3) is 0.348. The summed E-state index contributed by atoms with van der Waals surface area (Å²) in [5, 5.41) is 0. The number of nitrogens with zero attached hydrogens (tertiary/aromatic N) is 4. The second-order valence-electron chi connectivity index (χ2n) is 9.70. The molecule has 3 aromatic rings. The molecule has 1 aromatic carbocycles.